The summed E-state index contributed by atoms with van der Waals surface area (Å²) in [5, 5.41) is 10.9. The van der Waals surface area contributed by atoms with Crippen molar-refractivity contribution in [3.05, 3.63) is 41.6 Å². The van der Waals surface area contributed by atoms with Crippen molar-refractivity contribution in [2.45, 2.75) is 26.8 Å². The van der Waals surface area contributed by atoms with Crippen molar-refractivity contribution in [2.75, 3.05) is 17.7 Å². The van der Waals surface area contributed by atoms with E-state index in [4.69, 9.17) is 0 Å². The predicted molar refractivity (Wildman–Crippen MR) is 86.0 cm³/mol. The van der Waals surface area contributed by atoms with Crippen molar-refractivity contribution >= 4 is 17.3 Å². The third-order valence-electron chi connectivity index (χ3n) is 3.67. The lowest BCUT2D eigenvalue weighted by Crippen LogP contribution is -2.12. The molecule has 114 valence electrons. The third-order valence-corrected chi connectivity index (χ3v) is 3.67. The normalized spacial score (nSPS) is 10.9. The molecule has 22 heavy (non-hydrogen) atoms. The first-order valence-corrected chi connectivity index (χ1v) is 7.29. The van der Waals surface area contributed by atoms with E-state index >= 15 is 0 Å². The molecule has 3 aromatic rings. The molecule has 0 radical (unpaired) electrons. The van der Waals surface area contributed by atoms with Crippen LogP contribution in [0.15, 0.2) is 24.7 Å². The summed E-state index contributed by atoms with van der Waals surface area (Å²) in [5.74, 6) is 1.53. The topological polar surface area (TPSA) is 80.0 Å². The highest BCUT2D eigenvalue weighted by Gasteiger charge is 2.13. The van der Waals surface area contributed by atoms with Gasteiger partial charge in [-0.3, -0.25) is 4.98 Å². The van der Waals surface area contributed by atoms with Gasteiger partial charge in [0.25, 0.3) is 5.78 Å². The van der Waals surface area contributed by atoms with Crippen LogP contribution in [0, 0.1) is 6.92 Å². The lowest BCUT2D eigenvalue weighted by atomic mass is 10.1. The number of aryl methyl sites for hydroxylation is 1. The highest BCUT2D eigenvalue weighted by atomic mass is 15.4. The fourth-order valence-corrected chi connectivity index (χ4v) is 2.56. The Hall–Kier alpha value is -2.70. The molecule has 0 fully saturated rings. The molecular weight excluding hydrogens is 278 g/mol. The molecule has 7 nitrogen and oxygen atoms in total. The number of hydrogen-bond acceptors (Lipinski definition) is 6. The molecule has 3 rings (SSSR count). The largest absolute Gasteiger partial charge is 0.387 e. The maximum absolute atomic E-state index is 4.48. The van der Waals surface area contributed by atoms with Gasteiger partial charge >= 0.3 is 0 Å². The van der Waals surface area contributed by atoms with Gasteiger partial charge in [0, 0.05) is 24.5 Å². The van der Waals surface area contributed by atoms with Crippen LogP contribution in [-0.4, -0.2) is 31.6 Å². The number of anilines is 2. The Morgan fingerprint density at radius 1 is 1.27 bits per heavy atom. The molecule has 3 heterocycles. The molecule has 0 amide bonds. The monoisotopic (exact) mass is 297 g/mol. The summed E-state index contributed by atoms with van der Waals surface area (Å²) in [5.41, 5.74) is 4.07. The van der Waals surface area contributed by atoms with Crippen molar-refractivity contribution in [1.29, 1.82) is 0 Å². The van der Waals surface area contributed by atoms with Crippen LogP contribution >= 0.6 is 0 Å². The standard InChI is InChI=1S/C15H19N7/c1-4-11-10(2)21-15-19-9-20-22(15)14(11)18-8-13-12(16-3)6-5-7-17-13/h5-7,9,16,18H,4,8H2,1-3H3. The second-order valence-corrected chi connectivity index (χ2v) is 4.95. The first-order valence-electron chi connectivity index (χ1n) is 7.29. The summed E-state index contributed by atoms with van der Waals surface area (Å²) in [6.45, 7) is 4.71. The van der Waals surface area contributed by atoms with Crippen LogP contribution in [0.3, 0.4) is 0 Å². The van der Waals surface area contributed by atoms with Crippen molar-refractivity contribution in [3.8, 4) is 0 Å². The average molecular weight is 297 g/mol. The van der Waals surface area contributed by atoms with E-state index in [-0.39, 0.29) is 0 Å². The Labute approximate surface area is 128 Å². The molecule has 0 saturated heterocycles. The van der Waals surface area contributed by atoms with Crippen molar-refractivity contribution < 1.29 is 0 Å². The van der Waals surface area contributed by atoms with Crippen LogP contribution in [0.5, 0.6) is 0 Å². The Kier molecular flexibility index (Phi) is 3.86. The molecule has 0 saturated carbocycles. The van der Waals surface area contributed by atoms with Crippen molar-refractivity contribution in [3.63, 3.8) is 0 Å². The van der Waals surface area contributed by atoms with Gasteiger partial charge in [0.1, 0.15) is 12.1 Å². The Bertz CT molecular complexity index is 794. The van der Waals surface area contributed by atoms with E-state index in [0.29, 0.717) is 12.3 Å². The first-order chi connectivity index (χ1) is 10.7. The number of fused-ring (bicyclic) bond motifs is 1. The fraction of sp³-hybridized carbons (Fsp3) is 0.333. The number of pyridine rings is 1. The van der Waals surface area contributed by atoms with Gasteiger partial charge in [0.05, 0.1) is 17.9 Å². The van der Waals surface area contributed by atoms with E-state index in [1.807, 2.05) is 26.1 Å². The minimum absolute atomic E-state index is 0.600. The maximum atomic E-state index is 4.48. The molecule has 0 aromatic carbocycles. The van der Waals surface area contributed by atoms with E-state index in [1.165, 1.54) is 6.33 Å². The number of nitrogens with one attached hydrogen (secondary N) is 2. The van der Waals surface area contributed by atoms with E-state index in [0.717, 1.165) is 34.9 Å². The Morgan fingerprint density at radius 2 is 2.14 bits per heavy atom. The molecule has 2 N–H and O–H groups in total. The lowest BCUT2D eigenvalue weighted by Gasteiger charge is -2.15. The summed E-state index contributed by atoms with van der Waals surface area (Å²) in [4.78, 5) is 13.1. The van der Waals surface area contributed by atoms with Gasteiger partial charge in [-0.05, 0) is 25.5 Å². The molecular formula is C15H19N7. The first kappa shape index (κ1) is 14.2. The number of nitrogens with zero attached hydrogens (tertiary/aromatic N) is 5. The second-order valence-electron chi connectivity index (χ2n) is 4.95. The predicted octanol–water partition coefficient (Wildman–Crippen LogP) is 2.04. The molecule has 0 aliphatic rings. The summed E-state index contributed by atoms with van der Waals surface area (Å²) < 4.78 is 1.74. The number of rotatable bonds is 5. The summed E-state index contributed by atoms with van der Waals surface area (Å²) in [6.07, 6.45) is 4.19. The van der Waals surface area contributed by atoms with Crippen molar-refractivity contribution in [2.24, 2.45) is 0 Å². The molecule has 0 aliphatic carbocycles. The quantitative estimate of drug-likeness (QED) is 0.750. The van der Waals surface area contributed by atoms with E-state index in [2.05, 4.69) is 37.6 Å². The zero-order chi connectivity index (χ0) is 15.5. The molecule has 0 atom stereocenters. The molecule has 0 bridgehead atoms. The van der Waals surface area contributed by atoms with Gasteiger partial charge in [-0.2, -0.15) is 14.6 Å². The van der Waals surface area contributed by atoms with Gasteiger partial charge in [0.2, 0.25) is 0 Å². The fourth-order valence-electron chi connectivity index (χ4n) is 2.56. The SMILES string of the molecule is CCc1c(C)nc2ncnn2c1NCc1ncccc1NC. The lowest BCUT2D eigenvalue weighted by molar-refractivity contribution is 0.879. The smallest absolute Gasteiger partial charge is 0.254 e. The van der Waals surface area contributed by atoms with Crippen LogP contribution in [0.2, 0.25) is 0 Å². The maximum Gasteiger partial charge on any atom is 0.254 e. The highest BCUT2D eigenvalue weighted by molar-refractivity contribution is 5.54. The molecule has 3 aromatic heterocycles. The Balaban J connectivity index is 1.98. The molecule has 0 unspecified atom stereocenters. The van der Waals surface area contributed by atoms with Crippen LogP contribution in [-0.2, 0) is 13.0 Å². The van der Waals surface area contributed by atoms with Gasteiger partial charge in [-0.1, -0.05) is 6.92 Å². The van der Waals surface area contributed by atoms with E-state index < -0.39 is 0 Å². The Morgan fingerprint density at radius 3 is 2.91 bits per heavy atom. The van der Waals surface area contributed by atoms with Crippen LogP contribution in [0.4, 0.5) is 11.5 Å². The zero-order valence-corrected chi connectivity index (χ0v) is 13.0. The summed E-state index contributed by atoms with van der Waals surface area (Å²) in [6, 6.07) is 3.92. The summed E-state index contributed by atoms with van der Waals surface area (Å²) in [7, 11) is 1.89. The molecule has 0 spiro atoms. The van der Waals surface area contributed by atoms with Gasteiger partial charge in [0.15, 0.2) is 0 Å². The highest BCUT2D eigenvalue weighted by Crippen LogP contribution is 2.21. The number of hydrogen-bond donors (Lipinski definition) is 2. The van der Waals surface area contributed by atoms with E-state index in [9.17, 15) is 0 Å². The van der Waals surface area contributed by atoms with Crippen LogP contribution in [0.25, 0.3) is 5.78 Å². The molecule has 7 heteroatoms. The van der Waals surface area contributed by atoms with Gasteiger partial charge < -0.3 is 10.6 Å². The minimum atomic E-state index is 0.600. The van der Waals surface area contributed by atoms with Crippen LogP contribution in [0.1, 0.15) is 23.9 Å². The average Bonchev–Trinajstić information content (AvgIpc) is 3.00. The van der Waals surface area contributed by atoms with Gasteiger partial charge in [-0.25, -0.2) is 4.98 Å². The second kappa shape index (κ2) is 5.97. The third kappa shape index (κ3) is 2.45. The van der Waals surface area contributed by atoms with Crippen LogP contribution < -0.4 is 10.6 Å². The zero-order valence-electron chi connectivity index (χ0n) is 13.0. The van der Waals surface area contributed by atoms with Crippen molar-refractivity contribution in [1.82, 2.24) is 24.6 Å². The number of aromatic nitrogens is 5. The molecule has 0 aliphatic heterocycles. The van der Waals surface area contributed by atoms with Gasteiger partial charge in [-0.15, -0.1) is 0 Å². The van der Waals surface area contributed by atoms with E-state index in [1.54, 1.807) is 10.7 Å². The minimum Gasteiger partial charge on any atom is -0.387 e. The summed E-state index contributed by atoms with van der Waals surface area (Å²) >= 11 is 0.